The highest BCUT2D eigenvalue weighted by atomic mass is 79.9. The molecule has 0 radical (unpaired) electrons. The Balaban J connectivity index is 2.17. The summed E-state index contributed by atoms with van der Waals surface area (Å²) in [5.41, 5.74) is -0.285. The fraction of sp³-hybridized carbons (Fsp3) is 0.667. The van der Waals surface area contributed by atoms with Crippen molar-refractivity contribution >= 4 is 33.3 Å². The molecule has 2 N–H and O–H groups in total. The first-order chi connectivity index (χ1) is 8.54. The third kappa shape index (κ3) is 3.13. The average Bonchev–Trinajstić information content (AvgIpc) is 2.37. The summed E-state index contributed by atoms with van der Waals surface area (Å²) in [5, 5.41) is 13.2. The number of aliphatic hydroxyl groups excluding tert-OH is 1. The number of aromatic nitrogens is 2. The standard InChI is InChI=1S/C12H17BrClN3O/c1-8-2-4-12(7-18,5-3-8)17-10-9(13)6-15-11(14)16-10/h6,8,18H,2-5,7H2,1H3,(H,15,16,17). The van der Waals surface area contributed by atoms with Gasteiger partial charge in [0.2, 0.25) is 5.28 Å². The summed E-state index contributed by atoms with van der Waals surface area (Å²) < 4.78 is 0.762. The van der Waals surface area contributed by atoms with E-state index < -0.39 is 0 Å². The van der Waals surface area contributed by atoms with Crippen molar-refractivity contribution in [2.75, 3.05) is 11.9 Å². The molecule has 0 bridgehead atoms. The van der Waals surface area contributed by atoms with Crippen LogP contribution in [0.2, 0.25) is 5.28 Å². The predicted molar refractivity (Wildman–Crippen MR) is 75.8 cm³/mol. The highest BCUT2D eigenvalue weighted by Crippen LogP contribution is 2.35. The Bertz CT molecular complexity index is 422. The summed E-state index contributed by atoms with van der Waals surface area (Å²) >= 11 is 9.20. The zero-order valence-electron chi connectivity index (χ0n) is 10.3. The van der Waals surface area contributed by atoms with Gasteiger partial charge in [0.05, 0.1) is 16.6 Å². The van der Waals surface area contributed by atoms with Crippen LogP contribution in [0.1, 0.15) is 32.6 Å². The van der Waals surface area contributed by atoms with E-state index in [2.05, 4.69) is 38.1 Å². The van der Waals surface area contributed by atoms with E-state index in [1.54, 1.807) is 6.20 Å². The van der Waals surface area contributed by atoms with Gasteiger partial charge in [-0.25, -0.2) is 4.98 Å². The number of nitrogens with zero attached hydrogens (tertiary/aromatic N) is 2. The van der Waals surface area contributed by atoms with E-state index in [1.165, 1.54) is 0 Å². The van der Waals surface area contributed by atoms with Crippen LogP contribution < -0.4 is 5.32 Å². The fourth-order valence-corrected chi connectivity index (χ4v) is 2.75. The van der Waals surface area contributed by atoms with Gasteiger partial charge in [-0.05, 0) is 59.1 Å². The average molecular weight is 335 g/mol. The summed E-state index contributed by atoms with van der Waals surface area (Å²) in [6.45, 7) is 2.35. The Kier molecular flexibility index (Phi) is 4.45. The van der Waals surface area contributed by atoms with Gasteiger partial charge in [0.25, 0.3) is 0 Å². The molecule has 100 valence electrons. The molecule has 0 aromatic carbocycles. The van der Waals surface area contributed by atoms with Crippen molar-refractivity contribution in [1.29, 1.82) is 0 Å². The van der Waals surface area contributed by atoms with Crippen LogP contribution in [0.5, 0.6) is 0 Å². The molecule has 1 aliphatic rings. The zero-order chi connectivity index (χ0) is 13.2. The summed E-state index contributed by atoms with van der Waals surface area (Å²) in [5.74, 6) is 1.38. The molecule has 1 heterocycles. The van der Waals surface area contributed by atoms with Crippen LogP contribution in [0.25, 0.3) is 0 Å². The second kappa shape index (κ2) is 5.72. The van der Waals surface area contributed by atoms with E-state index in [-0.39, 0.29) is 17.4 Å². The van der Waals surface area contributed by atoms with Crippen LogP contribution >= 0.6 is 27.5 Å². The van der Waals surface area contributed by atoms with Crippen molar-refractivity contribution in [3.8, 4) is 0 Å². The van der Waals surface area contributed by atoms with Crippen molar-refractivity contribution in [2.24, 2.45) is 5.92 Å². The Morgan fingerprint density at radius 3 is 2.83 bits per heavy atom. The SMILES string of the molecule is CC1CCC(CO)(Nc2nc(Cl)ncc2Br)CC1. The van der Waals surface area contributed by atoms with Gasteiger partial charge in [-0.1, -0.05) is 6.92 Å². The Morgan fingerprint density at radius 2 is 2.22 bits per heavy atom. The number of halogens is 2. The summed E-state index contributed by atoms with van der Waals surface area (Å²) in [6.07, 6.45) is 5.74. The van der Waals surface area contributed by atoms with Crippen LogP contribution in [0.15, 0.2) is 10.7 Å². The fourth-order valence-electron chi connectivity index (χ4n) is 2.32. The topological polar surface area (TPSA) is 58.0 Å². The molecule has 1 saturated carbocycles. The lowest BCUT2D eigenvalue weighted by Crippen LogP contribution is -2.45. The van der Waals surface area contributed by atoms with E-state index >= 15 is 0 Å². The van der Waals surface area contributed by atoms with Crippen molar-refractivity contribution in [3.05, 3.63) is 16.0 Å². The molecular weight excluding hydrogens is 318 g/mol. The second-order valence-electron chi connectivity index (χ2n) is 5.08. The second-order valence-corrected chi connectivity index (χ2v) is 6.27. The number of hydrogen-bond donors (Lipinski definition) is 2. The van der Waals surface area contributed by atoms with Crippen molar-refractivity contribution in [2.45, 2.75) is 38.1 Å². The quantitative estimate of drug-likeness (QED) is 0.833. The minimum atomic E-state index is -0.285. The number of anilines is 1. The summed E-state index contributed by atoms with van der Waals surface area (Å²) in [7, 11) is 0. The van der Waals surface area contributed by atoms with Crippen LogP contribution in [0.4, 0.5) is 5.82 Å². The first kappa shape index (κ1) is 14.0. The maximum atomic E-state index is 9.70. The molecule has 0 atom stereocenters. The summed E-state index contributed by atoms with van der Waals surface area (Å²) in [4.78, 5) is 8.06. The minimum absolute atomic E-state index is 0.105. The largest absolute Gasteiger partial charge is 0.394 e. The van der Waals surface area contributed by atoms with E-state index in [1.807, 2.05) is 0 Å². The highest BCUT2D eigenvalue weighted by molar-refractivity contribution is 9.10. The lowest BCUT2D eigenvalue weighted by Gasteiger charge is -2.39. The Morgan fingerprint density at radius 1 is 1.56 bits per heavy atom. The molecule has 0 unspecified atom stereocenters. The third-order valence-electron chi connectivity index (χ3n) is 3.63. The van der Waals surface area contributed by atoms with Crippen LogP contribution in [0.3, 0.4) is 0 Å². The predicted octanol–water partition coefficient (Wildman–Crippen LogP) is 3.25. The van der Waals surface area contributed by atoms with Gasteiger partial charge in [-0.2, -0.15) is 4.98 Å². The molecule has 1 aromatic heterocycles. The van der Waals surface area contributed by atoms with Crippen molar-refractivity contribution in [3.63, 3.8) is 0 Å². The summed E-state index contributed by atoms with van der Waals surface area (Å²) in [6, 6.07) is 0. The molecule has 1 aliphatic carbocycles. The first-order valence-electron chi connectivity index (χ1n) is 6.12. The monoisotopic (exact) mass is 333 g/mol. The van der Waals surface area contributed by atoms with E-state index in [0.717, 1.165) is 36.1 Å². The molecule has 1 aromatic rings. The Labute approximate surface area is 120 Å². The molecule has 0 spiro atoms. The highest BCUT2D eigenvalue weighted by Gasteiger charge is 2.34. The maximum Gasteiger partial charge on any atom is 0.224 e. The minimum Gasteiger partial charge on any atom is -0.394 e. The van der Waals surface area contributed by atoms with Gasteiger partial charge >= 0.3 is 0 Å². The van der Waals surface area contributed by atoms with Gasteiger partial charge in [-0.15, -0.1) is 0 Å². The van der Waals surface area contributed by atoms with Crippen LogP contribution in [0, 0.1) is 5.92 Å². The maximum absolute atomic E-state index is 9.70. The molecule has 18 heavy (non-hydrogen) atoms. The number of nitrogens with one attached hydrogen (secondary N) is 1. The zero-order valence-corrected chi connectivity index (χ0v) is 12.6. The molecule has 6 heteroatoms. The molecule has 0 aliphatic heterocycles. The molecule has 1 fully saturated rings. The first-order valence-corrected chi connectivity index (χ1v) is 7.29. The lowest BCUT2D eigenvalue weighted by atomic mass is 9.77. The molecule has 2 rings (SSSR count). The van der Waals surface area contributed by atoms with Crippen molar-refractivity contribution < 1.29 is 5.11 Å². The van der Waals surface area contributed by atoms with Gasteiger partial charge < -0.3 is 10.4 Å². The van der Waals surface area contributed by atoms with Gasteiger partial charge in [0.15, 0.2) is 0 Å². The Hall–Kier alpha value is -0.390. The van der Waals surface area contributed by atoms with Gasteiger partial charge in [0.1, 0.15) is 5.82 Å². The number of rotatable bonds is 3. The molecule has 0 saturated heterocycles. The molecule has 0 amide bonds. The normalized spacial score (nSPS) is 28.1. The van der Waals surface area contributed by atoms with Gasteiger partial charge in [-0.3, -0.25) is 0 Å². The lowest BCUT2D eigenvalue weighted by molar-refractivity contribution is 0.155. The molecule has 4 nitrogen and oxygen atoms in total. The van der Waals surface area contributed by atoms with Crippen molar-refractivity contribution in [1.82, 2.24) is 9.97 Å². The van der Waals surface area contributed by atoms with E-state index in [9.17, 15) is 5.11 Å². The molecular formula is C12H17BrClN3O. The van der Waals surface area contributed by atoms with Crippen LogP contribution in [-0.4, -0.2) is 27.2 Å². The van der Waals surface area contributed by atoms with E-state index in [4.69, 9.17) is 11.6 Å². The van der Waals surface area contributed by atoms with Crippen LogP contribution in [-0.2, 0) is 0 Å². The number of aliphatic hydroxyl groups is 1. The van der Waals surface area contributed by atoms with E-state index in [0.29, 0.717) is 5.82 Å². The number of hydrogen-bond acceptors (Lipinski definition) is 4. The van der Waals surface area contributed by atoms with Gasteiger partial charge in [0, 0.05) is 6.20 Å². The smallest absolute Gasteiger partial charge is 0.224 e. The third-order valence-corrected chi connectivity index (χ3v) is 4.39.